The van der Waals surface area contributed by atoms with Crippen LogP contribution in [0, 0.1) is 5.82 Å². The lowest BCUT2D eigenvalue weighted by atomic mass is 10.0. The zero-order valence-electron chi connectivity index (χ0n) is 9.53. The van der Waals surface area contributed by atoms with E-state index in [4.69, 9.17) is 5.73 Å². The molecule has 0 spiro atoms. The number of benzene rings is 1. The second-order valence-electron chi connectivity index (χ2n) is 3.35. The van der Waals surface area contributed by atoms with Gasteiger partial charge in [-0.3, -0.25) is 0 Å². The second kappa shape index (κ2) is 7.66. The lowest BCUT2D eigenvalue weighted by Gasteiger charge is -2.16. The van der Waals surface area contributed by atoms with Crippen LogP contribution in [0.15, 0.2) is 22.7 Å². The lowest BCUT2D eigenvalue weighted by Crippen LogP contribution is -2.32. The van der Waals surface area contributed by atoms with Crippen molar-refractivity contribution in [2.75, 3.05) is 6.61 Å². The lowest BCUT2D eigenvalue weighted by molar-refractivity contribution is -0.149. The maximum atomic E-state index is 13.6. The molecule has 0 aromatic heterocycles. The van der Waals surface area contributed by atoms with Gasteiger partial charge in [0.15, 0.2) is 0 Å². The molecule has 1 unspecified atom stereocenters. The maximum absolute atomic E-state index is 13.6. The van der Waals surface area contributed by atoms with E-state index in [1.165, 1.54) is 12.1 Å². The van der Waals surface area contributed by atoms with Gasteiger partial charge in [0.05, 0.1) is 12.6 Å². The molecule has 18 heavy (non-hydrogen) atoms. The van der Waals surface area contributed by atoms with E-state index in [-0.39, 0.29) is 24.6 Å². The molecule has 0 heterocycles. The summed E-state index contributed by atoms with van der Waals surface area (Å²) in [5.74, 6) is -1.75. The van der Waals surface area contributed by atoms with Crippen LogP contribution in [0.1, 0.15) is 18.5 Å². The van der Waals surface area contributed by atoms with Crippen molar-refractivity contribution < 1.29 is 18.3 Å². The summed E-state index contributed by atoms with van der Waals surface area (Å²) >= 11 is 3.07. The number of carbonyl (C=O) groups excluding carboxylic acids is 1. The molecule has 7 heteroatoms. The first-order valence-electron chi connectivity index (χ1n) is 4.98. The molecular weight excluding hydrogens is 331 g/mol. The van der Waals surface area contributed by atoms with Crippen molar-refractivity contribution in [1.82, 2.24) is 0 Å². The monoisotopic (exact) mass is 343 g/mol. The van der Waals surface area contributed by atoms with Crippen molar-refractivity contribution in [2.24, 2.45) is 5.73 Å². The van der Waals surface area contributed by atoms with Crippen molar-refractivity contribution >= 4 is 34.3 Å². The highest BCUT2D eigenvalue weighted by Crippen LogP contribution is 2.23. The number of ether oxygens (including phenoxy) is 1. The molecule has 0 radical (unpaired) electrons. The summed E-state index contributed by atoms with van der Waals surface area (Å²) < 4.78 is 32.0. The number of nitrogens with two attached hydrogens (primary N) is 1. The molecule has 0 aliphatic carbocycles. The number of hydrogen-bond donors (Lipinski definition) is 1. The molecular formula is C11H13BrClF2NO2. The first-order chi connectivity index (χ1) is 7.97. The van der Waals surface area contributed by atoms with Gasteiger partial charge in [0.1, 0.15) is 5.82 Å². The zero-order chi connectivity index (χ0) is 13.0. The molecule has 0 bridgehead atoms. The van der Waals surface area contributed by atoms with Gasteiger partial charge in [-0.25, -0.2) is 13.6 Å². The number of carbonyl (C=O) groups is 1. The Hall–Kier alpha value is -0.720. The fourth-order valence-electron chi connectivity index (χ4n) is 1.30. The van der Waals surface area contributed by atoms with E-state index >= 15 is 0 Å². The highest BCUT2D eigenvalue weighted by molar-refractivity contribution is 9.10. The number of halogens is 4. The molecule has 2 atom stereocenters. The van der Waals surface area contributed by atoms with E-state index in [0.717, 1.165) is 6.07 Å². The van der Waals surface area contributed by atoms with Gasteiger partial charge < -0.3 is 10.5 Å². The summed E-state index contributed by atoms with van der Waals surface area (Å²) in [6.07, 6.45) is -2.08. The van der Waals surface area contributed by atoms with Gasteiger partial charge in [-0.1, -0.05) is 22.0 Å². The molecule has 1 aromatic carbocycles. The van der Waals surface area contributed by atoms with E-state index in [1.54, 1.807) is 6.92 Å². The minimum Gasteiger partial charge on any atom is -0.464 e. The number of esters is 1. The van der Waals surface area contributed by atoms with Gasteiger partial charge in [0.2, 0.25) is 6.17 Å². The third-order valence-corrected chi connectivity index (χ3v) is 2.64. The number of hydrogen-bond acceptors (Lipinski definition) is 3. The van der Waals surface area contributed by atoms with E-state index < -0.39 is 24.0 Å². The van der Waals surface area contributed by atoms with Gasteiger partial charge in [0.25, 0.3) is 0 Å². The predicted molar refractivity (Wildman–Crippen MR) is 69.8 cm³/mol. The summed E-state index contributed by atoms with van der Waals surface area (Å²) in [7, 11) is 0. The van der Waals surface area contributed by atoms with Gasteiger partial charge in [0, 0.05) is 10.0 Å². The molecule has 102 valence electrons. The minimum atomic E-state index is -2.08. The standard InChI is InChI=1S/C11H12BrF2NO2.ClH/c1-2-17-11(16)9(14)10(15)7-4-3-6(12)5-8(7)13;/h3-5,9-10H,2,15H2,1H3;1H/t9?,10-;/m1./s1. The SMILES string of the molecule is CCOC(=O)C(F)[C@H](N)c1ccc(Br)cc1F.Cl. The van der Waals surface area contributed by atoms with Crippen LogP contribution in [0.4, 0.5) is 8.78 Å². The summed E-state index contributed by atoms with van der Waals surface area (Å²) in [4.78, 5) is 11.1. The average molecular weight is 345 g/mol. The average Bonchev–Trinajstić information content (AvgIpc) is 2.27. The van der Waals surface area contributed by atoms with Crippen molar-refractivity contribution in [3.63, 3.8) is 0 Å². The fourth-order valence-corrected chi connectivity index (χ4v) is 1.63. The summed E-state index contributed by atoms with van der Waals surface area (Å²) in [6, 6.07) is 2.64. The normalized spacial score (nSPS) is 13.4. The molecule has 0 aliphatic rings. The molecule has 1 rings (SSSR count). The number of rotatable bonds is 4. The molecule has 0 saturated carbocycles. The zero-order valence-corrected chi connectivity index (χ0v) is 11.9. The van der Waals surface area contributed by atoms with Crippen molar-refractivity contribution in [3.8, 4) is 0 Å². The van der Waals surface area contributed by atoms with E-state index in [9.17, 15) is 13.6 Å². The van der Waals surface area contributed by atoms with E-state index in [2.05, 4.69) is 20.7 Å². The molecule has 3 nitrogen and oxygen atoms in total. The Kier molecular flexibility index (Phi) is 7.35. The third-order valence-electron chi connectivity index (χ3n) is 2.15. The predicted octanol–water partition coefficient (Wildman–Crippen LogP) is 2.91. The Morgan fingerprint density at radius 1 is 1.56 bits per heavy atom. The van der Waals surface area contributed by atoms with Crippen LogP contribution in [-0.4, -0.2) is 18.7 Å². The van der Waals surface area contributed by atoms with Crippen LogP contribution >= 0.6 is 28.3 Å². The summed E-state index contributed by atoms with van der Waals surface area (Å²) in [6.45, 7) is 1.60. The topological polar surface area (TPSA) is 52.3 Å². The van der Waals surface area contributed by atoms with Crippen LogP contribution in [-0.2, 0) is 9.53 Å². The quantitative estimate of drug-likeness (QED) is 0.855. The molecule has 0 aliphatic heterocycles. The Morgan fingerprint density at radius 3 is 2.67 bits per heavy atom. The second-order valence-corrected chi connectivity index (χ2v) is 4.26. The van der Waals surface area contributed by atoms with Gasteiger partial charge >= 0.3 is 5.97 Å². The third kappa shape index (κ3) is 4.19. The maximum Gasteiger partial charge on any atom is 0.342 e. The number of alkyl halides is 1. The van der Waals surface area contributed by atoms with Crippen molar-refractivity contribution in [1.29, 1.82) is 0 Å². The van der Waals surface area contributed by atoms with Crippen LogP contribution < -0.4 is 5.73 Å². The Balaban J connectivity index is 0.00000289. The molecule has 2 N–H and O–H groups in total. The Bertz CT molecular complexity index is 420. The molecule has 1 aromatic rings. The smallest absolute Gasteiger partial charge is 0.342 e. The van der Waals surface area contributed by atoms with Crippen LogP contribution in [0.25, 0.3) is 0 Å². The summed E-state index contributed by atoms with van der Waals surface area (Å²) in [5, 5.41) is 0. The van der Waals surface area contributed by atoms with E-state index in [0.29, 0.717) is 4.47 Å². The van der Waals surface area contributed by atoms with E-state index in [1.807, 2.05) is 0 Å². The van der Waals surface area contributed by atoms with Gasteiger partial charge in [-0.15, -0.1) is 12.4 Å². The Morgan fingerprint density at radius 2 is 2.17 bits per heavy atom. The van der Waals surface area contributed by atoms with Gasteiger partial charge in [-0.2, -0.15) is 0 Å². The largest absolute Gasteiger partial charge is 0.464 e. The van der Waals surface area contributed by atoms with Gasteiger partial charge in [-0.05, 0) is 19.1 Å². The first-order valence-corrected chi connectivity index (χ1v) is 5.78. The fraction of sp³-hybridized carbons (Fsp3) is 0.364. The highest BCUT2D eigenvalue weighted by Gasteiger charge is 2.29. The highest BCUT2D eigenvalue weighted by atomic mass is 79.9. The Labute approximate surface area is 118 Å². The van der Waals surface area contributed by atoms with Crippen molar-refractivity contribution in [3.05, 3.63) is 34.1 Å². The molecule has 0 amide bonds. The minimum absolute atomic E-state index is 0. The van der Waals surface area contributed by atoms with Crippen LogP contribution in [0.2, 0.25) is 0 Å². The molecule has 0 fully saturated rings. The van der Waals surface area contributed by atoms with Crippen molar-refractivity contribution in [2.45, 2.75) is 19.1 Å². The molecule has 0 saturated heterocycles. The van der Waals surface area contributed by atoms with Crippen LogP contribution in [0.5, 0.6) is 0 Å². The first kappa shape index (κ1) is 17.3. The van der Waals surface area contributed by atoms with Crippen LogP contribution in [0.3, 0.4) is 0 Å². The summed E-state index contributed by atoms with van der Waals surface area (Å²) in [5.41, 5.74) is 5.43.